The molecule has 0 unspecified atom stereocenters. The number of nitrogens with one attached hydrogen (secondary N) is 4. The quantitative estimate of drug-likeness (QED) is 0.201. The second-order valence-corrected chi connectivity index (χ2v) is 12.2. The first-order valence-electron chi connectivity index (χ1n) is 11.4. The van der Waals surface area contributed by atoms with Gasteiger partial charge in [-0.05, 0) is 79.3 Å². The Kier molecular flexibility index (Phi) is 9.30. The Morgan fingerprint density at radius 1 is 1.15 bits per heavy atom. The normalized spacial score (nSPS) is 11.8. The van der Waals surface area contributed by atoms with Gasteiger partial charge in [0.15, 0.2) is 11.6 Å². The molecule has 0 bridgehead atoms. The molecule has 0 aliphatic rings. The molecule has 11 nitrogen and oxygen atoms in total. The Bertz CT molecular complexity index is 1570. The molecule has 0 saturated heterocycles. The molecule has 0 aliphatic heterocycles. The van der Waals surface area contributed by atoms with Crippen LogP contribution in [0.15, 0.2) is 41.3 Å². The second-order valence-electron chi connectivity index (χ2n) is 9.31. The SMILES string of the molecule is CNS(=O)(=O)Nc1nccc(Cc2cc(C(=O)NOC(C)(C)C)c(Nc3ccc(I)cc3F)n(C)c2=O)c1F. The van der Waals surface area contributed by atoms with Gasteiger partial charge in [-0.2, -0.15) is 8.42 Å². The lowest BCUT2D eigenvalue weighted by molar-refractivity contribution is -0.0589. The third kappa shape index (κ3) is 7.71. The highest BCUT2D eigenvalue weighted by molar-refractivity contribution is 14.1. The molecule has 39 heavy (non-hydrogen) atoms. The van der Waals surface area contributed by atoms with Crippen molar-refractivity contribution in [2.24, 2.45) is 7.05 Å². The van der Waals surface area contributed by atoms with Crippen molar-refractivity contribution in [3.8, 4) is 0 Å². The van der Waals surface area contributed by atoms with Crippen LogP contribution in [-0.4, -0.2) is 36.5 Å². The van der Waals surface area contributed by atoms with Gasteiger partial charge in [0.25, 0.3) is 21.7 Å². The van der Waals surface area contributed by atoms with Crippen molar-refractivity contribution in [3.63, 3.8) is 0 Å². The molecule has 2 heterocycles. The van der Waals surface area contributed by atoms with Crippen LogP contribution in [-0.2, 0) is 28.5 Å². The zero-order chi connectivity index (χ0) is 29.1. The van der Waals surface area contributed by atoms with Crippen molar-refractivity contribution in [3.05, 3.63) is 78.8 Å². The van der Waals surface area contributed by atoms with Crippen LogP contribution in [0.5, 0.6) is 0 Å². The first kappa shape index (κ1) is 30.4. The maximum atomic E-state index is 15.1. The van der Waals surface area contributed by atoms with Gasteiger partial charge in [-0.3, -0.25) is 23.7 Å². The van der Waals surface area contributed by atoms with Gasteiger partial charge in [0.05, 0.1) is 16.9 Å². The summed E-state index contributed by atoms with van der Waals surface area (Å²) < 4.78 is 59.0. The van der Waals surface area contributed by atoms with E-state index in [4.69, 9.17) is 4.84 Å². The summed E-state index contributed by atoms with van der Waals surface area (Å²) in [6.07, 6.45) is 0.866. The molecule has 4 N–H and O–H groups in total. The Morgan fingerprint density at radius 3 is 2.46 bits per heavy atom. The lowest BCUT2D eigenvalue weighted by atomic mass is 10.0. The Hall–Kier alpha value is -3.15. The number of aromatic nitrogens is 2. The van der Waals surface area contributed by atoms with E-state index < -0.39 is 44.7 Å². The molecule has 0 aliphatic carbocycles. The van der Waals surface area contributed by atoms with E-state index in [1.54, 1.807) is 26.8 Å². The summed E-state index contributed by atoms with van der Waals surface area (Å²) in [5.74, 6) is -2.94. The van der Waals surface area contributed by atoms with Crippen LogP contribution in [0.25, 0.3) is 0 Å². The number of hydrogen-bond donors (Lipinski definition) is 4. The molecule has 15 heteroatoms. The molecular formula is C24H27F2IN6O5S. The summed E-state index contributed by atoms with van der Waals surface area (Å²) in [7, 11) is -1.54. The summed E-state index contributed by atoms with van der Waals surface area (Å²) in [5.41, 5.74) is 0.850. The first-order chi connectivity index (χ1) is 18.1. The van der Waals surface area contributed by atoms with Crippen molar-refractivity contribution in [2.45, 2.75) is 32.8 Å². The number of nitrogens with zero attached hydrogens (tertiary/aromatic N) is 2. The molecule has 0 radical (unpaired) electrons. The van der Waals surface area contributed by atoms with Gasteiger partial charge in [-0.1, -0.05) is 0 Å². The smallest absolute Gasteiger partial charge is 0.300 e. The number of halogens is 3. The highest BCUT2D eigenvalue weighted by Gasteiger charge is 2.23. The number of anilines is 3. The van der Waals surface area contributed by atoms with E-state index >= 15 is 4.39 Å². The van der Waals surface area contributed by atoms with Gasteiger partial charge in [0, 0.05) is 35.8 Å². The van der Waals surface area contributed by atoms with Gasteiger partial charge in [-0.15, -0.1) is 0 Å². The standard InChI is InChI=1S/C24H27F2IN6O5S/c1-24(2,3)38-31-22(34)16-11-14(10-13-8-9-29-20(19(13)26)32-39(36,37)28-4)23(35)33(5)21(16)30-18-7-6-15(27)12-17(18)25/h6-9,11-12,28,30H,10H2,1-5H3,(H,29,32)(H,31,34). The largest absolute Gasteiger partial charge is 0.339 e. The molecular weight excluding hydrogens is 649 g/mol. The number of pyridine rings is 2. The molecule has 0 atom stereocenters. The number of benzene rings is 1. The molecule has 0 fully saturated rings. The van der Waals surface area contributed by atoms with Crippen LogP contribution in [0.2, 0.25) is 0 Å². The van der Waals surface area contributed by atoms with Crippen LogP contribution in [0.3, 0.4) is 0 Å². The average molecular weight is 676 g/mol. The topological polar surface area (TPSA) is 143 Å². The first-order valence-corrected chi connectivity index (χ1v) is 14.0. The molecule has 210 valence electrons. The minimum absolute atomic E-state index is 0.000403. The van der Waals surface area contributed by atoms with Gasteiger partial charge < -0.3 is 5.32 Å². The third-order valence-corrected chi connectivity index (χ3v) is 6.89. The van der Waals surface area contributed by atoms with E-state index in [9.17, 15) is 22.4 Å². The van der Waals surface area contributed by atoms with Gasteiger partial charge in [0.1, 0.15) is 11.6 Å². The molecule has 3 rings (SSSR count). The molecule has 3 aromatic rings. The fraction of sp³-hybridized carbons (Fsp3) is 0.292. The van der Waals surface area contributed by atoms with Gasteiger partial charge in [0.2, 0.25) is 0 Å². The number of hydrogen-bond acceptors (Lipinski definition) is 7. The van der Waals surface area contributed by atoms with E-state index in [1.807, 2.05) is 32.0 Å². The summed E-state index contributed by atoms with van der Waals surface area (Å²) in [6.45, 7) is 5.14. The van der Waals surface area contributed by atoms with Crippen molar-refractivity contribution in [1.29, 1.82) is 0 Å². The van der Waals surface area contributed by atoms with Gasteiger partial charge in [-0.25, -0.2) is 24.0 Å². The Labute approximate surface area is 237 Å². The van der Waals surface area contributed by atoms with Crippen LogP contribution < -0.4 is 25.8 Å². The summed E-state index contributed by atoms with van der Waals surface area (Å²) >= 11 is 1.95. The highest BCUT2D eigenvalue weighted by Crippen LogP contribution is 2.26. The van der Waals surface area contributed by atoms with Crippen molar-refractivity contribution < 1.29 is 26.8 Å². The molecule has 0 spiro atoms. The monoisotopic (exact) mass is 676 g/mol. The van der Waals surface area contributed by atoms with E-state index in [-0.39, 0.29) is 34.6 Å². The number of carbonyl (C=O) groups is 1. The zero-order valence-corrected chi connectivity index (χ0v) is 24.6. The second kappa shape index (κ2) is 11.9. The zero-order valence-electron chi connectivity index (χ0n) is 21.6. The predicted octanol–water partition coefficient (Wildman–Crippen LogP) is 3.33. The summed E-state index contributed by atoms with van der Waals surface area (Å²) in [4.78, 5) is 35.5. The van der Waals surface area contributed by atoms with Crippen LogP contribution in [0, 0.1) is 15.2 Å². The lowest BCUT2D eigenvalue weighted by Crippen LogP contribution is -2.35. The van der Waals surface area contributed by atoms with E-state index in [0.29, 0.717) is 3.57 Å². The van der Waals surface area contributed by atoms with E-state index in [2.05, 4.69) is 15.8 Å². The molecule has 1 aromatic carbocycles. The number of rotatable bonds is 9. The van der Waals surface area contributed by atoms with Crippen molar-refractivity contribution in [2.75, 3.05) is 17.1 Å². The predicted molar refractivity (Wildman–Crippen MR) is 151 cm³/mol. The van der Waals surface area contributed by atoms with Crippen LogP contribution >= 0.6 is 22.6 Å². The van der Waals surface area contributed by atoms with Crippen molar-refractivity contribution in [1.82, 2.24) is 19.8 Å². The lowest BCUT2D eigenvalue weighted by Gasteiger charge is -2.21. The maximum absolute atomic E-state index is 15.1. The summed E-state index contributed by atoms with van der Waals surface area (Å²) in [6, 6.07) is 6.91. The van der Waals surface area contributed by atoms with E-state index in [0.717, 1.165) is 11.6 Å². The highest BCUT2D eigenvalue weighted by atomic mass is 127. The fourth-order valence-electron chi connectivity index (χ4n) is 3.30. The van der Waals surface area contributed by atoms with Gasteiger partial charge >= 0.3 is 0 Å². The molecule has 0 saturated carbocycles. The van der Waals surface area contributed by atoms with Crippen LogP contribution in [0.4, 0.5) is 26.1 Å². The fourth-order valence-corrected chi connectivity index (χ4v) is 4.25. The minimum Gasteiger partial charge on any atom is -0.339 e. The molecule has 1 amide bonds. The third-order valence-electron chi connectivity index (χ3n) is 5.22. The van der Waals surface area contributed by atoms with Crippen molar-refractivity contribution >= 4 is 56.0 Å². The number of hydroxylamine groups is 1. The number of amides is 1. The maximum Gasteiger partial charge on any atom is 0.300 e. The Balaban J connectivity index is 2.10. The van der Waals surface area contributed by atoms with Crippen LogP contribution in [0.1, 0.15) is 42.3 Å². The number of carbonyl (C=O) groups excluding carboxylic acids is 1. The summed E-state index contributed by atoms with van der Waals surface area (Å²) in [5, 5.41) is 2.80. The minimum atomic E-state index is -4.05. The Morgan fingerprint density at radius 2 is 1.85 bits per heavy atom. The molecule has 2 aromatic heterocycles. The van der Waals surface area contributed by atoms with E-state index in [1.165, 1.54) is 37.5 Å². The average Bonchev–Trinajstić information content (AvgIpc) is 2.85.